The summed E-state index contributed by atoms with van der Waals surface area (Å²) in [7, 11) is 0. The van der Waals surface area contributed by atoms with E-state index in [0.29, 0.717) is 56.9 Å². The zero-order valence-electron chi connectivity index (χ0n) is 25.2. The summed E-state index contributed by atoms with van der Waals surface area (Å²) in [5.74, 6) is -0.226. The lowest BCUT2D eigenvalue weighted by Crippen LogP contribution is -2.55. The van der Waals surface area contributed by atoms with Crippen molar-refractivity contribution in [2.45, 2.75) is 77.5 Å². The molecule has 0 unspecified atom stereocenters. The number of nitrogens with one attached hydrogen (secondary N) is 3. The van der Waals surface area contributed by atoms with E-state index < -0.39 is 12.1 Å². The molecule has 0 radical (unpaired) electrons. The molecule has 1 aliphatic rings. The second-order valence-electron chi connectivity index (χ2n) is 11.1. The smallest absolute Gasteiger partial charge is 0.251 e. The highest BCUT2D eigenvalue weighted by atomic mass is 16.5. The minimum atomic E-state index is -0.852. The molecule has 1 aliphatic heterocycles. The van der Waals surface area contributed by atoms with Gasteiger partial charge in [0.25, 0.3) is 5.91 Å². The minimum Gasteiger partial charge on any atom is -0.390 e. The maximum absolute atomic E-state index is 13.7. The number of hydrogen-bond donors (Lipinski definition) is 4. The number of β-amino-alcohol motifs (C(OH)–C–C–N with tert-alkyl or cyclic N) is 1. The van der Waals surface area contributed by atoms with Gasteiger partial charge in [-0.2, -0.15) is 0 Å². The number of aliphatic hydroxyl groups is 1. The highest BCUT2D eigenvalue weighted by Gasteiger charge is 2.30. The van der Waals surface area contributed by atoms with Crippen molar-refractivity contribution >= 4 is 23.2 Å². The Bertz CT molecular complexity index is 1150. The Morgan fingerprint density at radius 3 is 2.49 bits per heavy atom. The number of carbonyl (C=O) groups is 2. The van der Waals surface area contributed by atoms with E-state index in [4.69, 9.17) is 4.74 Å². The van der Waals surface area contributed by atoms with Crippen LogP contribution in [0.4, 0.5) is 11.4 Å². The Morgan fingerprint density at radius 1 is 1.15 bits per heavy atom. The fourth-order valence-corrected chi connectivity index (χ4v) is 5.17. The van der Waals surface area contributed by atoms with Gasteiger partial charge in [-0.15, -0.1) is 0 Å². The Labute approximate surface area is 245 Å². The van der Waals surface area contributed by atoms with Crippen molar-refractivity contribution in [3.8, 4) is 0 Å². The number of ether oxygens (including phenoxy) is 1. The third-order valence-electron chi connectivity index (χ3n) is 7.79. The number of anilines is 2. The zero-order valence-corrected chi connectivity index (χ0v) is 25.2. The van der Waals surface area contributed by atoms with Gasteiger partial charge in [-0.3, -0.25) is 9.59 Å². The first-order chi connectivity index (χ1) is 19.7. The van der Waals surface area contributed by atoms with Gasteiger partial charge in [0.1, 0.15) is 0 Å². The van der Waals surface area contributed by atoms with Crippen LogP contribution in [-0.4, -0.2) is 67.5 Å². The van der Waals surface area contributed by atoms with E-state index in [0.717, 1.165) is 36.1 Å². The highest BCUT2D eigenvalue weighted by Crippen LogP contribution is 2.27. The molecule has 8 nitrogen and oxygen atoms in total. The molecule has 1 fully saturated rings. The van der Waals surface area contributed by atoms with E-state index in [9.17, 15) is 14.7 Å². The molecule has 2 aromatic rings. The van der Waals surface area contributed by atoms with Crippen LogP contribution in [0.1, 0.15) is 69.3 Å². The average molecular weight is 565 g/mol. The van der Waals surface area contributed by atoms with E-state index in [2.05, 4.69) is 36.4 Å². The largest absolute Gasteiger partial charge is 0.390 e. The summed E-state index contributed by atoms with van der Waals surface area (Å²) in [6.07, 6.45) is 2.60. The van der Waals surface area contributed by atoms with E-state index in [1.54, 1.807) is 17.0 Å². The predicted octanol–water partition coefficient (Wildman–Crippen LogP) is 4.69. The first kappa shape index (κ1) is 32.3. The van der Waals surface area contributed by atoms with Crippen LogP contribution in [0.25, 0.3) is 0 Å². The molecule has 2 aromatic carbocycles. The van der Waals surface area contributed by atoms with Crippen molar-refractivity contribution in [2.75, 3.05) is 43.1 Å². The van der Waals surface area contributed by atoms with E-state index in [1.807, 2.05) is 50.2 Å². The molecular weight excluding hydrogens is 516 g/mol. The summed E-state index contributed by atoms with van der Waals surface area (Å²) in [5.41, 5.74) is 3.62. The molecule has 4 N–H and O–H groups in total. The van der Waals surface area contributed by atoms with Crippen molar-refractivity contribution in [2.24, 2.45) is 0 Å². The van der Waals surface area contributed by atoms with Crippen molar-refractivity contribution in [3.05, 3.63) is 71.8 Å². The van der Waals surface area contributed by atoms with Gasteiger partial charge in [0, 0.05) is 48.5 Å². The summed E-state index contributed by atoms with van der Waals surface area (Å²) in [4.78, 5) is 27.9. The Balaban J connectivity index is 1.81. The Kier molecular flexibility index (Phi) is 12.4. The molecule has 0 aromatic heterocycles. The van der Waals surface area contributed by atoms with Gasteiger partial charge >= 0.3 is 0 Å². The first-order valence-electron chi connectivity index (χ1n) is 14.9. The summed E-state index contributed by atoms with van der Waals surface area (Å²) in [5, 5.41) is 21.4. The number of nitrogens with zero attached hydrogens (tertiary/aromatic N) is 1. The van der Waals surface area contributed by atoms with Crippen molar-refractivity contribution < 1.29 is 19.4 Å². The van der Waals surface area contributed by atoms with Crippen LogP contribution in [-0.2, 0) is 16.0 Å². The number of hydrogen-bond acceptors (Lipinski definition) is 6. The van der Waals surface area contributed by atoms with Crippen LogP contribution in [0, 0.1) is 0 Å². The molecule has 41 heavy (non-hydrogen) atoms. The molecule has 2 amide bonds. The average Bonchev–Trinajstić information content (AvgIpc) is 3.40. The van der Waals surface area contributed by atoms with Crippen molar-refractivity contribution in [3.63, 3.8) is 0 Å². The van der Waals surface area contributed by atoms with Gasteiger partial charge in [-0.05, 0) is 63.3 Å². The molecule has 1 saturated heterocycles. The van der Waals surface area contributed by atoms with E-state index >= 15 is 0 Å². The number of rotatable bonds is 17. The van der Waals surface area contributed by atoms with Crippen LogP contribution in [0.5, 0.6) is 0 Å². The predicted molar refractivity (Wildman–Crippen MR) is 167 cm³/mol. The SMILES string of the molecule is C=C(C)COCC(CC)(CC)NC[C@@H](O)[C@H](Cc1ccccc1)NC(=O)c1cc(NCC)cc(N2CCCC2=O)c1. The summed E-state index contributed by atoms with van der Waals surface area (Å²) in [6, 6.07) is 14.8. The topological polar surface area (TPSA) is 103 Å². The molecule has 2 atom stereocenters. The minimum absolute atomic E-state index is 0.0658. The molecule has 224 valence electrons. The van der Waals surface area contributed by atoms with Gasteiger partial charge in [-0.1, -0.05) is 56.3 Å². The lowest BCUT2D eigenvalue weighted by Gasteiger charge is -2.35. The van der Waals surface area contributed by atoms with Crippen LogP contribution in [0.2, 0.25) is 0 Å². The Hall–Kier alpha value is -3.20. The van der Waals surface area contributed by atoms with E-state index in [-0.39, 0.29) is 17.4 Å². The van der Waals surface area contributed by atoms with Gasteiger partial charge in [0.05, 0.1) is 25.4 Å². The lowest BCUT2D eigenvalue weighted by atomic mass is 9.92. The maximum atomic E-state index is 13.7. The van der Waals surface area contributed by atoms with Crippen LogP contribution in [0.3, 0.4) is 0 Å². The van der Waals surface area contributed by atoms with Crippen LogP contribution < -0.4 is 20.9 Å². The van der Waals surface area contributed by atoms with Crippen LogP contribution in [0.15, 0.2) is 60.7 Å². The molecule has 1 heterocycles. The van der Waals surface area contributed by atoms with Crippen molar-refractivity contribution in [1.29, 1.82) is 0 Å². The molecule has 0 aliphatic carbocycles. The first-order valence-corrected chi connectivity index (χ1v) is 14.9. The standard InChI is InChI=1S/C33H48N4O4/c1-6-33(7-2,23-41-22-24(4)5)35-21-30(38)29(17-25-13-10-9-11-14-25)36-32(40)26-18-27(34-8-3)20-28(19-26)37-16-12-15-31(37)39/h9-11,13-14,18-20,29-30,34-35,38H,4,6-8,12,15-17,21-23H2,1-3,5H3,(H,36,40)/t29-,30+/m0/s1. The molecule has 0 bridgehead atoms. The highest BCUT2D eigenvalue weighted by molar-refractivity contribution is 6.00. The molecule has 0 spiro atoms. The quantitative estimate of drug-likeness (QED) is 0.208. The normalized spacial score (nSPS) is 15.0. The molecule has 3 rings (SSSR count). The molecule has 8 heteroatoms. The van der Waals surface area contributed by atoms with Gasteiger partial charge in [0.15, 0.2) is 0 Å². The van der Waals surface area contributed by atoms with Gasteiger partial charge in [-0.25, -0.2) is 0 Å². The summed E-state index contributed by atoms with van der Waals surface area (Å²) >= 11 is 0. The molecular formula is C33H48N4O4. The maximum Gasteiger partial charge on any atom is 0.251 e. The Morgan fingerprint density at radius 2 is 1.88 bits per heavy atom. The van der Waals surface area contributed by atoms with Gasteiger partial charge in [0.2, 0.25) is 5.91 Å². The fourth-order valence-electron chi connectivity index (χ4n) is 5.17. The second kappa shape index (κ2) is 15.7. The zero-order chi connectivity index (χ0) is 29.8. The monoisotopic (exact) mass is 564 g/mol. The number of benzene rings is 2. The number of amides is 2. The summed E-state index contributed by atoms with van der Waals surface area (Å²) in [6.45, 7) is 14.7. The third kappa shape index (κ3) is 9.42. The second-order valence-corrected chi connectivity index (χ2v) is 11.1. The van der Waals surface area contributed by atoms with E-state index in [1.165, 1.54) is 0 Å². The molecule has 0 saturated carbocycles. The van der Waals surface area contributed by atoms with Gasteiger partial charge < -0.3 is 30.7 Å². The van der Waals surface area contributed by atoms with Crippen molar-refractivity contribution in [1.82, 2.24) is 10.6 Å². The van der Waals surface area contributed by atoms with Crippen LogP contribution >= 0.6 is 0 Å². The number of aliphatic hydroxyl groups excluding tert-OH is 1. The fraction of sp³-hybridized carbons (Fsp3) is 0.515. The third-order valence-corrected chi connectivity index (χ3v) is 7.79. The number of carbonyl (C=O) groups excluding carboxylic acids is 2. The lowest BCUT2D eigenvalue weighted by molar-refractivity contribution is -0.117. The summed E-state index contributed by atoms with van der Waals surface area (Å²) < 4.78 is 5.90.